The number of anilines is 1. The maximum absolute atomic E-state index is 6.58. The lowest BCUT2D eigenvalue weighted by atomic mass is 9.80. The molecule has 2 aliphatic heterocycles. The average molecular weight is 309 g/mol. The van der Waals surface area contributed by atoms with Gasteiger partial charge in [-0.2, -0.15) is 0 Å². The van der Waals surface area contributed by atoms with Crippen LogP contribution in [-0.4, -0.2) is 5.72 Å². The van der Waals surface area contributed by atoms with Gasteiger partial charge in [-0.25, -0.2) is 0 Å². The highest BCUT2D eigenvalue weighted by Crippen LogP contribution is 2.50. The zero-order valence-electron chi connectivity index (χ0n) is 13.0. The second-order valence-corrected chi connectivity index (χ2v) is 6.67. The lowest BCUT2D eigenvalue weighted by molar-refractivity contribution is 0.160. The van der Waals surface area contributed by atoms with Gasteiger partial charge in [0.25, 0.3) is 0 Å². The number of rotatable bonds is 0. The van der Waals surface area contributed by atoms with Crippen molar-refractivity contribution in [2.24, 2.45) is 0 Å². The summed E-state index contributed by atoms with van der Waals surface area (Å²) >= 11 is 0. The summed E-state index contributed by atoms with van der Waals surface area (Å²) in [7, 11) is 0. The Balaban J connectivity index is 1.85. The Morgan fingerprint density at radius 2 is 1.46 bits per heavy atom. The minimum absolute atomic E-state index is 0.484. The summed E-state index contributed by atoms with van der Waals surface area (Å²) in [6, 6.07) is 25.6. The molecular weight excluding hydrogens is 294 g/mol. The van der Waals surface area contributed by atoms with Gasteiger partial charge in [-0.15, -0.1) is 0 Å². The van der Waals surface area contributed by atoms with Crippen LogP contribution < -0.4 is 20.5 Å². The molecule has 0 saturated carbocycles. The summed E-state index contributed by atoms with van der Waals surface area (Å²) < 4.78 is 6.58. The number of ether oxygens (including phenoxy) is 1. The molecule has 0 amide bonds. The van der Waals surface area contributed by atoms with Crippen molar-refractivity contribution in [1.29, 1.82) is 0 Å². The molecule has 1 N–H and O–H groups in total. The van der Waals surface area contributed by atoms with Crippen LogP contribution in [0.25, 0.3) is 11.1 Å². The van der Waals surface area contributed by atoms with E-state index in [9.17, 15) is 0 Å². The topological polar surface area (TPSA) is 21.3 Å². The quantitative estimate of drug-likeness (QED) is 0.689. The zero-order chi connectivity index (χ0) is 15.7. The van der Waals surface area contributed by atoms with E-state index >= 15 is 0 Å². The van der Waals surface area contributed by atoms with Gasteiger partial charge in [-0.1, -0.05) is 60.7 Å². The van der Waals surface area contributed by atoms with Crippen molar-refractivity contribution in [3.8, 4) is 5.75 Å². The highest BCUT2D eigenvalue weighted by Gasteiger charge is 2.49. The van der Waals surface area contributed by atoms with Gasteiger partial charge in [-0.3, -0.25) is 0 Å². The Bertz CT molecular complexity index is 1140. The SMILES string of the molecule is c1ccc2c(c1)NC13CC(=c4ccccc4=C21)c1ccccc1O3. The standard InChI is InChI=1S/C22H15NO/c1-2-9-16-14(7-1)18-13-22(24-20-12-6-4-8-15(18)20)21(16)17-10-3-5-11-19(17)23-22/h1-12,23H,13H2. The second-order valence-electron chi connectivity index (χ2n) is 6.67. The first-order chi connectivity index (χ1) is 11.9. The summed E-state index contributed by atoms with van der Waals surface area (Å²) in [4.78, 5) is 0. The van der Waals surface area contributed by atoms with Crippen LogP contribution in [0.5, 0.6) is 5.75 Å². The third kappa shape index (κ3) is 1.37. The maximum Gasteiger partial charge on any atom is 0.212 e. The molecule has 2 heterocycles. The van der Waals surface area contributed by atoms with Gasteiger partial charge in [0, 0.05) is 28.8 Å². The van der Waals surface area contributed by atoms with Crippen molar-refractivity contribution in [3.05, 3.63) is 94.4 Å². The number of fused-ring (bicyclic) bond motifs is 6. The molecule has 114 valence electrons. The van der Waals surface area contributed by atoms with Crippen molar-refractivity contribution >= 4 is 16.8 Å². The van der Waals surface area contributed by atoms with Gasteiger partial charge >= 0.3 is 0 Å². The molecule has 2 heteroatoms. The number of nitrogens with one attached hydrogen (secondary N) is 1. The van der Waals surface area contributed by atoms with E-state index in [0.29, 0.717) is 0 Å². The zero-order valence-corrected chi connectivity index (χ0v) is 13.0. The molecule has 1 atom stereocenters. The summed E-state index contributed by atoms with van der Waals surface area (Å²) in [5.41, 5.74) is 5.78. The van der Waals surface area contributed by atoms with Crippen LogP contribution in [0.4, 0.5) is 5.69 Å². The number of benzene rings is 3. The highest BCUT2D eigenvalue weighted by atomic mass is 16.5. The predicted octanol–water partition coefficient (Wildman–Crippen LogP) is 3.00. The van der Waals surface area contributed by atoms with E-state index in [-0.39, 0.29) is 0 Å². The van der Waals surface area contributed by atoms with Gasteiger partial charge in [0.1, 0.15) is 5.75 Å². The maximum atomic E-state index is 6.58. The molecule has 3 aromatic carbocycles. The van der Waals surface area contributed by atoms with Gasteiger partial charge in [0.15, 0.2) is 0 Å². The van der Waals surface area contributed by atoms with Crippen LogP contribution >= 0.6 is 0 Å². The van der Waals surface area contributed by atoms with Crippen molar-refractivity contribution in [3.63, 3.8) is 0 Å². The second kappa shape index (κ2) is 4.09. The molecular formula is C22H15NO. The smallest absolute Gasteiger partial charge is 0.212 e. The predicted molar refractivity (Wildman–Crippen MR) is 95.2 cm³/mol. The van der Waals surface area contributed by atoms with Crippen LogP contribution in [0.2, 0.25) is 0 Å². The normalized spacial score (nSPS) is 21.8. The lowest BCUT2D eigenvalue weighted by Gasteiger charge is -2.40. The summed E-state index contributed by atoms with van der Waals surface area (Å²) in [5, 5.41) is 6.30. The molecule has 2 bridgehead atoms. The first-order valence-electron chi connectivity index (χ1n) is 8.35. The molecule has 1 aliphatic carbocycles. The molecule has 3 aliphatic rings. The molecule has 0 saturated heterocycles. The fourth-order valence-electron chi connectivity index (χ4n) is 4.46. The summed E-state index contributed by atoms with van der Waals surface area (Å²) in [5.74, 6) is 0.964. The fraction of sp³-hybridized carbons (Fsp3) is 0.0909. The van der Waals surface area contributed by atoms with E-state index < -0.39 is 5.72 Å². The minimum Gasteiger partial charge on any atom is -0.463 e. The monoisotopic (exact) mass is 309 g/mol. The first-order valence-corrected chi connectivity index (χ1v) is 8.35. The first kappa shape index (κ1) is 12.4. The van der Waals surface area contributed by atoms with E-state index in [0.717, 1.165) is 17.9 Å². The van der Waals surface area contributed by atoms with Gasteiger partial charge in [-0.05, 0) is 28.1 Å². The highest BCUT2D eigenvalue weighted by molar-refractivity contribution is 5.94. The molecule has 3 aromatic rings. The van der Waals surface area contributed by atoms with Crippen LogP contribution in [0.3, 0.4) is 0 Å². The fourth-order valence-corrected chi connectivity index (χ4v) is 4.46. The third-order valence-electron chi connectivity index (χ3n) is 5.38. The Kier molecular flexibility index (Phi) is 2.12. The molecule has 24 heavy (non-hydrogen) atoms. The molecule has 2 nitrogen and oxygen atoms in total. The number of hydrogen-bond acceptors (Lipinski definition) is 2. The van der Waals surface area contributed by atoms with Crippen LogP contribution in [0, 0.1) is 0 Å². The third-order valence-corrected chi connectivity index (χ3v) is 5.38. The van der Waals surface area contributed by atoms with E-state index in [1.807, 2.05) is 6.07 Å². The lowest BCUT2D eigenvalue weighted by Crippen LogP contribution is -2.53. The van der Waals surface area contributed by atoms with Crippen molar-refractivity contribution in [1.82, 2.24) is 0 Å². The Morgan fingerprint density at radius 3 is 2.38 bits per heavy atom. The Labute approximate surface area is 139 Å². The average Bonchev–Trinajstić information content (AvgIpc) is 2.94. The Morgan fingerprint density at radius 1 is 0.750 bits per heavy atom. The van der Waals surface area contributed by atoms with Crippen LogP contribution in [0.1, 0.15) is 17.5 Å². The molecule has 0 aromatic heterocycles. The van der Waals surface area contributed by atoms with E-state index in [4.69, 9.17) is 4.74 Å². The van der Waals surface area contributed by atoms with Crippen LogP contribution in [-0.2, 0) is 0 Å². The van der Waals surface area contributed by atoms with Gasteiger partial charge in [0.2, 0.25) is 5.72 Å². The van der Waals surface area contributed by atoms with Crippen molar-refractivity contribution in [2.45, 2.75) is 12.1 Å². The summed E-state index contributed by atoms with van der Waals surface area (Å²) in [6.07, 6.45) is 0.852. The van der Waals surface area contributed by atoms with E-state index in [1.165, 1.54) is 32.7 Å². The molecule has 1 spiro atoms. The van der Waals surface area contributed by atoms with Crippen LogP contribution in [0.15, 0.2) is 72.8 Å². The Hall–Kier alpha value is -3.00. The van der Waals surface area contributed by atoms with Crippen molar-refractivity contribution < 1.29 is 4.74 Å². The van der Waals surface area contributed by atoms with E-state index in [2.05, 4.69) is 72.0 Å². The molecule has 6 rings (SSSR count). The minimum atomic E-state index is -0.484. The summed E-state index contributed by atoms with van der Waals surface area (Å²) in [6.45, 7) is 0. The number of hydrogen-bond donors (Lipinski definition) is 1. The van der Waals surface area contributed by atoms with Gasteiger partial charge < -0.3 is 10.1 Å². The van der Waals surface area contributed by atoms with E-state index in [1.54, 1.807) is 0 Å². The molecule has 1 unspecified atom stereocenters. The largest absolute Gasteiger partial charge is 0.463 e. The van der Waals surface area contributed by atoms with Crippen molar-refractivity contribution in [2.75, 3.05) is 5.32 Å². The molecule has 0 fully saturated rings. The van der Waals surface area contributed by atoms with Gasteiger partial charge in [0.05, 0.1) is 0 Å². The molecule has 0 radical (unpaired) electrons. The number of para-hydroxylation sites is 2.